The fraction of sp³-hybridized carbons (Fsp3) is 0.458. The third-order valence-electron chi connectivity index (χ3n) is 5.89. The van der Waals surface area contributed by atoms with E-state index in [1.54, 1.807) is 11.3 Å². The van der Waals surface area contributed by atoms with Crippen LogP contribution in [-0.4, -0.2) is 46.7 Å². The van der Waals surface area contributed by atoms with Gasteiger partial charge in [-0.2, -0.15) is 4.98 Å². The molecule has 3 aromatic rings. The van der Waals surface area contributed by atoms with Gasteiger partial charge >= 0.3 is 0 Å². The number of carbonyl (C=O) groups excluding carboxylic acids is 1. The van der Waals surface area contributed by atoms with Crippen molar-refractivity contribution in [1.82, 2.24) is 20.4 Å². The van der Waals surface area contributed by atoms with Crippen molar-refractivity contribution in [3.05, 3.63) is 52.7 Å². The highest BCUT2D eigenvalue weighted by Crippen LogP contribution is 2.23. The summed E-state index contributed by atoms with van der Waals surface area (Å²) in [7, 11) is 0. The number of carbonyl (C=O) groups is 1. The molecule has 0 saturated carbocycles. The normalized spacial score (nSPS) is 16.1. The minimum Gasteiger partial charge on any atom is -0.491 e. The quantitative estimate of drug-likeness (QED) is 0.549. The second-order valence-corrected chi connectivity index (χ2v) is 9.45. The minimum atomic E-state index is -0.0452. The molecule has 1 aliphatic heterocycles. The van der Waals surface area contributed by atoms with E-state index in [-0.39, 0.29) is 17.9 Å². The van der Waals surface area contributed by atoms with E-state index < -0.39 is 0 Å². The van der Waals surface area contributed by atoms with Crippen LogP contribution in [0.25, 0.3) is 10.7 Å². The summed E-state index contributed by atoms with van der Waals surface area (Å²) < 4.78 is 11.3. The van der Waals surface area contributed by atoms with Gasteiger partial charge in [0.25, 0.3) is 0 Å². The molecule has 8 heteroatoms. The summed E-state index contributed by atoms with van der Waals surface area (Å²) in [6, 6.07) is 9.97. The third-order valence-corrected chi connectivity index (χ3v) is 6.76. The van der Waals surface area contributed by atoms with E-state index in [9.17, 15) is 4.79 Å². The van der Waals surface area contributed by atoms with Crippen LogP contribution in [0.3, 0.4) is 0 Å². The monoisotopic (exact) mass is 454 g/mol. The molecule has 1 unspecified atom stereocenters. The highest BCUT2D eigenvalue weighted by molar-refractivity contribution is 7.13. The average molecular weight is 455 g/mol. The summed E-state index contributed by atoms with van der Waals surface area (Å²) in [4.78, 5) is 20.5. The fourth-order valence-corrected chi connectivity index (χ4v) is 4.45. The van der Waals surface area contributed by atoms with Crippen LogP contribution < -0.4 is 10.1 Å². The predicted molar refractivity (Wildman–Crippen MR) is 125 cm³/mol. The molecular weight excluding hydrogens is 424 g/mol. The lowest BCUT2D eigenvalue weighted by molar-refractivity contribution is -0.127. The fourth-order valence-electron chi connectivity index (χ4n) is 3.80. The number of piperidine rings is 1. The van der Waals surface area contributed by atoms with E-state index in [0.29, 0.717) is 24.9 Å². The molecule has 0 aliphatic carbocycles. The van der Waals surface area contributed by atoms with Crippen LogP contribution >= 0.6 is 11.3 Å². The number of aryl methyl sites for hydroxylation is 2. The summed E-state index contributed by atoms with van der Waals surface area (Å²) in [6.07, 6.45) is 1.64. The van der Waals surface area contributed by atoms with E-state index in [2.05, 4.69) is 40.3 Å². The highest BCUT2D eigenvalue weighted by Gasteiger charge is 2.27. The van der Waals surface area contributed by atoms with Crippen molar-refractivity contribution in [3.8, 4) is 16.5 Å². The van der Waals surface area contributed by atoms with Crippen molar-refractivity contribution in [3.63, 3.8) is 0 Å². The number of hydrogen-bond acceptors (Lipinski definition) is 7. The molecule has 1 saturated heterocycles. The highest BCUT2D eigenvalue weighted by atomic mass is 32.1. The summed E-state index contributed by atoms with van der Waals surface area (Å²) in [6.45, 7) is 8.88. The first-order chi connectivity index (χ1) is 15.5. The zero-order chi connectivity index (χ0) is 22.5. The molecule has 0 spiro atoms. The number of thiophene rings is 1. The molecule has 0 bridgehead atoms. The molecule has 4 rings (SSSR count). The Labute approximate surface area is 192 Å². The van der Waals surface area contributed by atoms with Gasteiger partial charge in [0.1, 0.15) is 12.4 Å². The van der Waals surface area contributed by atoms with Gasteiger partial charge in [0, 0.05) is 5.92 Å². The Morgan fingerprint density at radius 1 is 1.28 bits per heavy atom. The van der Waals surface area contributed by atoms with Crippen molar-refractivity contribution in [2.75, 3.05) is 19.7 Å². The van der Waals surface area contributed by atoms with Crippen LogP contribution in [0.4, 0.5) is 0 Å². The zero-order valence-corrected chi connectivity index (χ0v) is 19.7. The molecule has 0 radical (unpaired) electrons. The minimum absolute atomic E-state index is 0.0275. The predicted octanol–water partition coefficient (Wildman–Crippen LogP) is 4.21. The Morgan fingerprint density at radius 2 is 2.09 bits per heavy atom. The molecule has 1 atom stereocenters. The van der Waals surface area contributed by atoms with E-state index in [0.717, 1.165) is 36.6 Å². The Morgan fingerprint density at radius 3 is 2.81 bits per heavy atom. The Balaban J connectivity index is 1.19. The van der Waals surface area contributed by atoms with Crippen molar-refractivity contribution < 1.29 is 14.1 Å². The maximum absolute atomic E-state index is 12.7. The van der Waals surface area contributed by atoms with Crippen molar-refractivity contribution in [2.24, 2.45) is 5.92 Å². The molecule has 2 aromatic heterocycles. The van der Waals surface area contributed by atoms with Gasteiger partial charge in [0.2, 0.25) is 17.6 Å². The molecular formula is C24H30N4O3S. The molecule has 1 aliphatic rings. The SMILES string of the molecule is Cc1ccc(OCC(C)NC(=O)C2CCN(Cc3nc(-c4cccs4)no3)CC2)cc1C. The first-order valence-corrected chi connectivity index (χ1v) is 11.9. The van der Waals surface area contributed by atoms with Crippen molar-refractivity contribution >= 4 is 17.2 Å². The molecule has 32 heavy (non-hydrogen) atoms. The number of aromatic nitrogens is 2. The van der Waals surface area contributed by atoms with Gasteiger partial charge in [-0.15, -0.1) is 11.3 Å². The molecule has 1 N–H and O–H groups in total. The summed E-state index contributed by atoms with van der Waals surface area (Å²) >= 11 is 1.59. The number of likely N-dealkylation sites (tertiary alicyclic amines) is 1. The number of nitrogens with zero attached hydrogens (tertiary/aromatic N) is 3. The molecule has 3 heterocycles. The van der Waals surface area contributed by atoms with Crippen LogP contribution in [0.15, 0.2) is 40.2 Å². The van der Waals surface area contributed by atoms with Gasteiger partial charge in [-0.3, -0.25) is 9.69 Å². The van der Waals surface area contributed by atoms with Crippen molar-refractivity contribution in [2.45, 2.75) is 46.2 Å². The van der Waals surface area contributed by atoms with Crippen LogP contribution in [0, 0.1) is 19.8 Å². The lowest BCUT2D eigenvalue weighted by atomic mass is 9.95. The number of rotatable bonds is 8. The lowest BCUT2D eigenvalue weighted by Gasteiger charge is -2.30. The number of amides is 1. The number of benzene rings is 1. The summed E-state index contributed by atoms with van der Waals surface area (Å²) in [5.74, 6) is 2.23. The zero-order valence-electron chi connectivity index (χ0n) is 18.8. The molecule has 170 valence electrons. The number of hydrogen-bond donors (Lipinski definition) is 1. The number of ether oxygens (including phenoxy) is 1. The van der Waals surface area contributed by atoms with Crippen LogP contribution in [0.5, 0.6) is 5.75 Å². The van der Waals surface area contributed by atoms with Gasteiger partial charge in [-0.05, 0) is 81.4 Å². The van der Waals surface area contributed by atoms with Crippen LogP contribution in [0.1, 0.15) is 36.8 Å². The smallest absolute Gasteiger partial charge is 0.241 e. The van der Waals surface area contributed by atoms with Gasteiger partial charge in [-0.25, -0.2) is 0 Å². The summed E-state index contributed by atoms with van der Waals surface area (Å²) in [5.41, 5.74) is 2.45. The van der Waals surface area contributed by atoms with Crippen LogP contribution in [0.2, 0.25) is 0 Å². The van der Waals surface area contributed by atoms with E-state index in [1.807, 2.05) is 36.6 Å². The maximum Gasteiger partial charge on any atom is 0.241 e. The molecule has 1 aromatic carbocycles. The number of nitrogens with one attached hydrogen (secondary N) is 1. The first-order valence-electron chi connectivity index (χ1n) is 11.1. The van der Waals surface area contributed by atoms with Gasteiger partial charge in [0.05, 0.1) is 17.5 Å². The second kappa shape index (κ2) is 10.3. The summed E-state index contributed by atoms with van der Waals surface area (Å²) in [5, 5.41) is 9.17. The Kier molecular flexibility index (Phi) is 7.22. The van der Waals surface area contributed by atoms with Gasteiger partial charge in [-0.1, -0.05) is 17.3 Å². The first kappa shape index (κ1) is 22.5. The Hall–Kier alpha value is -2.71. The third kappa shape index (κ3) is 5.75. The van der Waals surface area contributed by atoms with Crippen LogP contribution in [-0.2, 0) is 11.3 Å². The average Bonchev–Trinajstić information content (AvgIpc) is 3.47. The standard InChI is InChI=1S/C24H30N4O3S/c1-16-6-7-20(13-17(16)2)30-15-18(3)25-24(29)19-8-10-28(11-9-19)14-22-26-23(27-31-22)21-5-4-12-32-21/h4-7,12-13,18-19H,8-11,14-15H2,1-3H3,(H,25,29). The van der Waals surface area contributed by atoms with Gasteiger partial charge in [0.15, 0.2) is 0 Å². The van der Waals surface area contributed by atoms with E-state index >= 15 is 0 Å². The maximum atomic E-state index is 12.7. The molecule has 1 amide bonds. The topological polar surface area (TPSA) is 80.5 Å². The lowest BCUT2D eigenvalue weighted by Crippen LogP contribution is -2.44. The van der Waals surface area contributed by atoms with E-state index in [1.165, 1.54) is 11.1 Å². The van der Waals surface area contributed by atoms with Crippen molar-refractivity contribution in [1.29, 1.82) is 0 Å². The Bertz CT molecular complexity index is 1030. The largest absolute Gasteiger partial charge is 0.491 e. The van der Waals surface area contributed by atoms with Gasteiger partial charge < -0.3 is 14.6 Å². The molecule has 7 nitrogen and oxygen atoms in total. The molecule has 1 fully saturated rings. The van der Waals surface area contributed by atoms with E-state index in [4.69, 9.17) is 9.26 Å². The second-order valence-electron chi connectivity index (χ2n) is 8.51.